The first kappa shape index (κ1) is 13.8. The van der Waals surface area contributed by atoms with Crippen molar-refractivity contribution < 1.29 is 9.53 Å². The molecule has 0 saturated heterocycles. The molecule has 0 saturated carbocycles. The van der Waals surface area contributed by atoms with Crippen LogP contribution in [0, 0.1) is 0 Å². The van der Waals surface area contributed by atoms with Crippen LogP contribution in [0.2, 0.25) is 0 Å². The number of fused-ring (bicyclic) bond motifs is 1. The lowest BCUT2D eigenvalue weighted by atomic mass is 10.2. The largest absolute Gasteiger partial charge is 0.383 e. The van der Waals surface area contributed by atoms with Gasteiger partial charge in [-0.05, 0) is 0 Å². The fraction of sp³-hybridized carbons (Fsp3) is 0.417. The number of amides is 1. The van der Waals surface area contributed by atoms with Crippen LogP contribution in [-0.4, -0.2) is 58.1 Å². The number of hydrogen-bond donors (Lipinski definition) is 0. The summed E-state index contributed by atoms with van der Waals surface area (Å²) in [7, 11) is 3.28. The first-order chi connectivity index (χ1) is 9.13. The number of hydrogen-bond acceptors (Lipinski definition) is 4. The van der Waals surface area contributed by atoms with Gasteiger partial charge >= 0.3 is 0 Å². The van der Waals surface area contributed by atoms with Crippen molar-refractivity contribution in [1.82, 2.24) is 19.5 Å². The minimum absolute atomic E-state index is 0.134. The zero-order valence-electron chi connectivity index (χ0n) is 10.8. The van der Waals surface area contributed by atoms with Crippen molar-refractivity contribution in [3.8, 4) is 0 Å². The highest BCUT2D eigenvalue weighted by atomic mass is 35.5. The van der Waals surface area contributed by atoms with Crippen molar-refractivity contribution in [3.05, 3.63) is 30.4 Å². The van der Waals surface area contributed by atoms with Crippen LogP contribution in [0.15, 0.2) is 24.8 Å². The van der Waals surface area contributed by atoms with E-state index in [4.69, 9.17) is 16.3 Å². The maximum absolute atomic E-state index is 12.3. The van der Waals surface area contributed by atoms with Gasteiger partial charge in [-0.3, -0.25) is 9.78 Å². The molecule has 1 amide bonds. The summed E-state index contributed by atoms with van der Waals surface area (Å²) < 4.78 is 6.56. The molecule has 2 rings (SSSR count). The maximum Gasteiger partial charge on any atom is 0.257 e. The van der Waals surface area contributed by atoms with Crippen LogP contribution in [-0.2, 0) is 4.74 Å². The van der Waals surface area contributed by atoms with Crippen molar-refractivity contribution in [1.29, 1.82) is 0 Å². The fourth-order valence-corrected chi connectivity index (χ4v) is 2.15. The number of ether oxygens (including phenoxy) is 1. The summed E-state index contributed by atoms with van der Waals surface area (Å²) in [6.07, 6.45) is 6.46. The van der Waals surface area contributed by atoms with Gasteiger partial charge in [0.1, 0.15) is 0 Å². The van der Waals surface area contributed by atoms with Crippen LogP contribution in [0.25, 0.3) is 5.52 Å². The van der Waals surface area contributed by atoms with E-state index in [2.05, 4.69) is 10.1 Å². The van der Waals surface area contributed by atoms with Gasteiger partial charge in [0.05, 0.1) is 35.5 Å². The highest BCUT2D eigenvalue weighted by Crippen LogP contribution is 2.12. The number of nitrogens with zero attached hydrogens (tertiary/aromatic N) is 4. The Morgan fingerprint density at radius 1 is 1.58 bits per heavy atom. The minimum atomic E-state index is -0.237. The minimum Gasteiger partial charge on any atom is -0.383 e. The molecule has 0 radical (unpaired) electrons. The van der Waals surface area contributed by atoms with E-state index >= 15 is 0 Å². The molecule has 7 heteroatoms. The van der Waals surface area contributed by atoms with Gasteiger partial charge in [-0.1, -0.05) is 0 Å². The van der Waals surface area contributed by atoms with Crippen LogP contribution in [0.4, 0.5) is 0 Å². The van der Waals surface area contributed by atoms with Crippen LogP contribution in [0.3, 0.4) is 0 Å². The molecule has 0 spiro atoms. The smallest absolute Gasteiger partial charge is 0.257 e. The molecule has 6 nitrogen and oxygen atoms in total. The number of aromatic nitrogens is 3. The Bertz CT molecular complexity index is 572. The quantitative estimate of drug-likeness (QED) is 0.769. The van der Waals surface area contributed by atoms with E-state index < -0.39 is 0 Å². The van der Waals surface area contributed by atoms with Crippen molar-refractivity contribution in [3.63, 3.8) is 0 Å². The van der Waals surface area contributed by atoms with Gasteiger partial charge in [-0.2, -0.15) is 5.10 Å². The molecule has 2 aromatic rings. The van der Waals surface area contributed by atoms with Gasteiger partial charge in [0.25, 0.3) is 5.91 Å². The maximum atomic E-state index is 12.3. The first-order valence-corrected chi connectivity index (χ1v) is 6.23. The standard InChI is InChI=1S/C12H15ClN4O2/c1-16(7-9(13)8-19-2)12(18)10-5-15-17-4-3-14-6-11(10)17/h3-6,9H,7-8H2,1-2H3. The third-order valence-electron chi connectivity index (χ3n) is 2.72. The monoisotopic (exact) mass is 282 g/mol. The molecular weight excluding hydrogens is 268 g/mol. The number of methoxy groups -OCH3 is 1. The summed E-state index contributed by atoms with van der Waals surface area (Å²) in [6, 6.07) is 0. The zero-order chi connectivity index (χ0) is 13.8. The van der Waals surface area contributed by atoms with Gasteiger partial charge < -0.3 is 9.64 Å². The summed E-state index contributed by atoms with van der Waals surface area (Å²) in [5, 5.41) is 3.87. The molecule has 0 aliphatic heterocycles. The summed E-state index contributed by atoms with van der Waals surface area (Å²) in [5.74, 6) is -0.134. The Morgan fingerprint density at radius 3 is 3.11 bits per heavy atom. The van der Waals surface area contributed by atoms with E-state index in [0.717, 1.165) is 0 Å². The van der Waals surface area contributed by atoms with Crippen molar-refractivity contribution in [2.45, 2.75) is 5.38 Å². The number of halogens is 1. The molecule has 0 aliphatic carbocycles. The summed E-state index contributed by atoms with van der Waals surface area (Å²) in [4.78, 5) is 17.9. The van der Waals surface area contributed by atoms with E-state index in [9.17, 15) is 4.79 Å². The SMILES string of the molecule is COCC(Cl)CN(C)C(=O)c1cnn2ccncc12. The highest BCUT2D eigenvalue weighted by molar-refractivity contribution is 6.21. The summed E-state index contributed by atoms with van der Waals surface area (Å²) in [6.45, 7) is 0.807. The predicted molar refractivity (Wildman–Crippen MR) is 71.5 cm³/mol. The Morgan fingerprint density at radius 2 is 2.37 bits per heavy atom. The average molecular weight is 283 g/mol. The molecular formula is C12H15ClN4O2. The van der Waals surface area contributed by atoms with Gasteiger partial charge in [0, 0.05) is 33.1 Å². The van der Waals surface area contributed by atoms with Crippen molar-refractivity contribution in [2.24, 2.45) is 0 Å². The molecule has 0 fully saturated rings. The lowest BCUT2D eigenvalue weighted by Crippen LogP contribution is -2.33. The Balaban J connectivity index is 2.15. The van der Waals surface area contributed by atoms with Crippen molar-refractivity contribution in [2.75, 3.05) is 27.3 Å². The predicted octanol–water partition coefficient (Wildman–Crippen LogP) is 1.06. The van der Waals surface area contributed by atoms with E-state index in [1.165, 1.54) is 6.20 Å². The Hall–Kier alpha value is -1.66. The van der Waals surface area contributed by atoms with Crippen LogP contribution in [0.1, 0.15) is 10.4 Å². The molecule has 0 bridgehead atoms. The third kappa shape index (κ3) is 3.02. The van der Waals surface area contributed by atoms with Gasteiger partial charge in [-0.25, -0.2) is 4.52 Å². The van der Waals surface area contributed by atoms with Gasteiger partial charge in [0.2, 0.25) is 0 Å². The van der Waals surface area contributed by atoms with E-state index in [-0.39, 0.29) is 11.3 Å². The molecule has 2 heterocycles. The fourth-order valence-electron chi connectivity index (χ4n) is 1.82. The van der Waals surface area contributed by atoms with E-state index in [0.29, 0.717) is 24.2 Å². The second kappa shape index (κ2) is 5.99. The molecule has 1 atom stereocenters. The molecule has 102 valence electrons. The molecule has 1 unspecified atom stereocenters. The number of carbonyl (C=O) groups is 1. The summed E-state index contributed by atoms with van der Waals surface area (Å²) in [5.41, 5.74) is 1.19. The average Bonchev–Trinajstić information content (AvgIpc) is 2.81. The molecule has 0 aromatic carbocycles. The lowest BCUT2D eigenvalue weighted by Gasteiger charge is -2.19. The summed E-state index contributed by atoms with van der Waals surface area (Å²) >= 11 is 6.05. The van der Waals surface area contributed by atoms with Crippen LogP contribution >= 0.6 is 11.6 Å². The molecule has 2 aromatic heterocycles. The zero-order valence-corrected chi connectivity index (χ0v) is 11.5. The van der Waals surface area contributed by atoms with Gasteiger partial charge in [-0.15, -0.1) is 11.6 Å². The van der Waals surface area contributed by atoms with Crippen molar-refractivity contribution >= 4 is 23.0 Å². The molecule has 0 aliphatic rings. The van der Waals surface area contributed by atoms with E-state index in [1.807, 2.05) is 0 Å². The third-order valence-corrected chi connectivity index (χ3v) is 2.99. The normalized spacial score (nSPS) is 12.6. The lowest BCUT2D eigenvalue weighted by molar-refractivity contribution is 0.0783. The second-order valence-corrected chi connectivity index (χ2v) is 4.82. The van der Waals surface area contributed by atoms with E-state index in [1.54, 1.807) is 42.2 Å². The molecule has 19 heavy (non-hydrogen) atoms. The number of rotatable bonds is 5. The first-order valence-electron chi connectivity index (χ1n) is 5.79. The number of alkyl halides is 1. The topological polar surface area (TPSA) is 59.7 Å². The highest BCUT2D eigenvalue weighted by Gasteiger charge is 2.19. The van der Waals surface area contributed by atoms with Gasteiger partial charge in [0.15, 0.2) is 0 Å². The number of carbonyl (C=O) groups excluding carboxylic acids is 1. The Kier molecular flexibility index (Phi) is 4.34. The second-order valence-electron chi connectivity index (χ2n) is 4.20. The van der Waals surface area contributed by atoms with Crippen LogP contribution in [0.5, 0.6) is 0 Å². The Labute approximate surface area is 115 Å². The van der Waals surface area contributed by atoms with Crippen LogP contribution < -0.4 is 0 Å². The molecule has 0 N–H and O–H groups in total.